The summed E-state index contributed by atoms with van der Waals surface area (Å²) in [5, 5.41) is 14.3. The van der Waals surface area contributed by atoms with E-state index in [2.05, 4.69) is 10.5 Å². The zero-order valence-electron chi connectivity index (χ0n) is 10.6. The molecule has 1 saturated carbocycles. The molecule has 1 aliphatic carbocycles. The maximum Gasteiger partial charge on any atom is 0.238 e. The predicted octanol–water partition coefficient (Wildman–Crippen LogP) is 1.99. The van der Waals surface area contributed by atoms with Crippen molar-refractivity contribution in [2.24, 2.45) is 16.3 Å². The first-order valence-corrected chi connectivity index (χ1v) is 6.05. The van der Waals surface area contributed by atoms with Gasteiger partial charge in [0.1, 0.15) is 11.2 Å². The molecule has 0 unspecified atom stereocenters. The highest BCUT2D eigenvalue weighted by molar-refractivity contribution is 6.12. The van der Waals surface area contributed by atoms with Gasteiger partial charge in [-0.15, -0.1) is 0 Å². The molecule has 0 saturated heterocycles. The SMILES string of the molecule is Cc1ccc(NC(=O)C2(/C(N)=N/O)CCC2)cc1F. The van der Waals surface area contributed by atoms with Crippen molar-refractivity contribution in [3.05, 3.63) is 29.6 Å². The molecule has 6 heteroatoms. The summed E-state index contributed by atoms with van der Waals surface area (Å²) in [6.45, 7) is 1.64. The first-order valence-electron chi connectivity index (χ1n) is 6.05. The van der Waals surface area contributed by atoms with E-state index in [4.69, 9.17) is 10.9 Å². The molecule has 19 heavy (non-hydrogen) atoms. The summed E-state index contributed by atoms with van der Waals surface area (Å²) < 4.78 is 13.4. The average molecular weight is 265 g/mol. The summed E-state index contributed by atoms with van der Waals surface area (Å²) in [4.78, 5) is 12.2. The van der Waals surface area contributed by atoms with Crippen molar-refractivity contribution < 1.29 is 14.4 Å². The van der Waals surface area contributed by atoms with E-state index in [0.717, 1.165) is 6.42 Å². The highest BCUT2D eigenvalue weighted by atomic mass is 19.1. The van der Waals surface area contributed by atoms with E-state index in [-0.39, 0.29) is 17.6 Å². The third-order valence-corrected chi connectivity index (χ3v) is 3.67. The minimum atomic E-state index is -0.962. The van der Waals surface area contributed by atoms with Gasteiger partial charge in [-0.2, -0.15) is 0 Å². The number of amides is 1. The number of hydrogen-bond acceptors (Lipinski definition) is 3. The molecule has 1 aromatic rings. The molecule has 5 nitrogen and oxygen atoms in total. The number of amidine groups is 1. The summed E-state index contributed by atoms with van der Waals surface area (Å²) in [6, 6.07) is 4.46. The second-order valence-corrected chi connectivity index (χ2v) is 4.84. The lowest BCUT2D eigenvalue weighted by atomic mass is 9.67. The molecule has 2 rings (SSSR count). The molecule has 4 N–H and O–H groups in total. The lowest BCUT2D eigenvalue weighted by Gasteiger charge is -2.38. The van der Waals surface area contributed by atoms with Crippen LogP contribution >= 0.6 is 0 Å². The van der Waals surface area contributed by atoms with Gasteiger partial charge in [-0.1, -0.05) is 17.6 Å². The molecular formula is C13H16FN3O2. The molecule has 1 aliphatic rings. The van der Waals surface area contributed by atoms with Gasteiger partial charge in [-0.05, 0) is 37.5 Å². The van der Waals surface area contributed by atoms with Crippen LogP contribution < -0.4 is 11.1 Å². The standard InChI is InChI=1S/C13H16FN3O2/c1-8-3-4-9(7-10(8)14)16-12(18)13(5-2-6-13)11(15)17-19/h3-4,7,19H,2,5-6H2,1H3,(H2,15,17)(H,16,18). The van der Waals surface area contributed by atoms with E-state index in [0.29, 0.717) is 24.1 Å². The van der Waals surface area contributed by atoms with Gasteiger partial charge in [0, 0.05) is 5.69 Å². The summed E-state index contributed by atoms with van der Waals surface area (Å²) in [5.74, 6) is -0.842. The van der Waals surface area contributed by atoms with Gasteiger partial charge in [0.25, 0.3) is 0 Å². The largest absolute Gasteiger partial charge is 0.409 e. The van der Waals surface area contributed by atoms with Gasteiger partial charge in [-0.3, -0.25) is 4.79 Å². The molecule has 0 aliphatic heterocycles. The molecule has 0 aromatic heterocycles. The molecular weight excluding hydrogens is 249 g/mol. The Morgan fingerprint density at radius 2 is 2.21 bits per heavy atom. The first-order chi connectivity index (χ1) is 8.99. The van der Waals surface area contributed by atoms with Crippen LogP contribution in [-0.2, 0) is 4.79 Å². The van der Waals surface area contributed by atoms with E-state index in [1.54, 1.807) is 19.1 Å². The Kier molecular flexibility index (Phi) is 3.42. The van der Waals surface area contributed by atoms with Crippen molar-refractivity contribution in [3.63, 3.8) is 0 Å². The summed E-state index contributed by atoms with van der Waals surface area (Å²) in [5.41, 5.74) is 5.50. The topological polar surface area (TPSA) is 87.7 Å². The highest BCUT2D eigenvalue weighted by Gasteiger charge is 2.48. The molecule has 0 atom stereocenters. The Hall–Kier alpha value is -2.11. The van der Waals surface area contributed by atoms with Crippen LogP contribution in [0.3, 0.4) is 0 Å². The fourth-order valence-electron chi connectivity index (χ4n) is 2.15. The van der Waals surface area contributed by atoms with E-state index in [9.17, 15) is 9.18 Å². The number of nitrogens with one attached hydrogen (secondary N) is 1. The summed E-state index contributed by atoms with van der Waals surface area (Å²) >= 11 is 0. The number of rotatable bonds is 3. The molecule has 1 aromatic carbocycles. The summed E-state index contributed by atoms with van der Waals surface area (Å²) in [7, 11) is 0. The number of nitrogens with zero attached hydrogens (tertiary/aromatic N) is 1. The number of aryl methyl sites for hydroxylation is 1. The van der Waals surface area contributed by atoms with Crippen molar-refractivity contribution in [1.29, 1.82) is 0 Å². The number of nitrogens with two attached hydrogens (primary N) is 1. The lowest BCUT2D eigenvalue weighted by Crippen LogP contribution is -2.51. The zero-order chi connectivity index (χ0) is 14.0. The third-order valence-electron chi connectivity index (χ3n) is 3.67. The Bertz CT molecular complexity index is 539. The molecule has 0 spiro atoms. The third kappa shape index (κ3) is 2.25. The zero-order valence-corrected chi connectivity index (χ0v) is 10.6. The van der Waals surface area contributed by atoms with Gasteiger partial charge in [-0.25, -0.2) is 4.39 Å². The maximum absolute atomic E-state index is 13.4. The number of oxime groups is 1. The minimum Gasteiger partial charge on any atom is -0.409 e. The monoisotopic (exact) mass is 265 g/mol. The Labute approximate surface area is 110 Å². The van der Waals surface area contributed by atoms with E-state index >= 15 is 0 Å². The highest BCUT2D eigenvalue weighted by Crippen LogP contribution is 2.42. The molecule has 0 radical (unpaired) electrons. The van der Waals surface area contributed by atoms with E-state index in [1.165, 1.54) is 6.07 Å². The number of carbonyl (C=O) groups excluding carboxylic acids is 1. The lowest BCUT2D eigenvalue weighted by molar-refractivity contribution is -0.125. The number of carbonyl (C=O) groups is 1. The van der Waals surface area contributed by atoms with Crippen molar-refractivity contribution in [1.82, 2.24) is 0 Å². The van der Waals surface area contributed by atoms with Crippen LogP contribution in [0, 0.1) is 18.2 Å². The van der Waals surface area contributed by atoms with Crippen molar-refractivity contribution in [2.45, 2.75) is 26.2 Å². The van der Waals surface area contributed by atoms with E-state index in [1.807, 2.05) is 0 Å². The maximum atomic E-state index is 13.4. The van der Waals surface area contributed by atoms with Crippen molar-refractivity contribution in [3.8, 4) is 0 Å². The Morgan fingerprint density at radius 3 is 2.68 bits per heavy atom. The van der Waals surface area contributed by atoms with Crippen molar-refractivity contribution in [2.75, 3.05) is 5.32 Å². The Balaban J connectivity index is 2.18. The fourth-order valence-corrected chi connectivity index (χ4v) is 2.15. The van der Waals surface area contributed by atoms with E-state index < -0.39 is 5.41 Å². The second-order valence-electron chi connectivity index (χ2n) is 4.84. The van der Waals surface area contributed by atoms with Crippen LogP contribution in [-0.4, -0.2) is 17.0 Å². The number of halogens is 1. The molecule has 1 fully saturated rings. The number of anilines is 1. The van der Waals surface area contributed by atoms with Crippen molar-refractivity contribution >= 4 is 17.4 Å². The predicted molar refractivity (Wildman–Crippen MR) is 69.5 cm³/mol. The summed E-state index contributed by atoms with van der Waals surface area (Å²) in [6.07, 6.45) is 1.90. The van der Waals surface area contributed by atoms with Gasteiger partial charge < -0.3 is 16.3 Å². The Morgan fingerprint density at radius 1 is 1.53 bits per heavy atom. The van der Waals surface area contributed by atoms with Crippen LogP contribution in [0.1, 0.15) is 24.8 Å². The van der Waals surface area contributed by atoms with Crippen LogP contribution in [0.15, 0.2) is 23.4 Å². The van der Waals surface area contributed by atoms with Gasteiger partial charge in [0.05, 0.1) is 0 Å². The van der Waals surface area contributed by atoms with Gasteiger partial charge in [0.2, 0.25) is 5.91 Å². The molecule has 0 heterocycles. The number of benzene rings is 1. The molecule has 102 valence electrons. The molecule has 0 bridgehead atoms. The normalized spacial score (nSPS) is 17.7. The smallest absolute Gasteiger partial charge is 0.238 e. The van der Waals surface area contributed by atoms with Gasteiger partial charge in [0.15, 0.2) is 5.84 Å². The first kappa shape index (κ1) is 13.3. The minimum absolute atomic E-state index is 0.0937. The van der Waals surface area contributed by atoms with Crippen LogP contribution in [0.2, 0.25) is 0 Å². The van der Waals surface area contributed by atoms with Crippen LogP contribution in [0.25, 0.3) is 0 Å². The van der Waals surface area contributed by atoms with Crippen LogP contribution in [0.5, 0.6) is 0 Å². The average Bonchev–Trinajstić information content (AvgIpc) is 2.32. The quantitative estimate of drug-likeness (QED) is 0.338. The molecule has 1 amide bonds. The van der Waals surface area contributed by atoms with Gasteiger partial charge >= 0.3 is 0 Å². The van der Waals surface area contributed by atoms with Crippen LogP contribution in [0.4, 0.5) is 10.1 Å². The second kappa shape index (κ2) is 4.87. The number of hydrogen-bond donors (Lipinski definition) is 3. The fraction of sp³-hybridized carbons (Fsp3) is 0.385.